The molecule has 0 radical (unpaired) electrons. The molecule has 0 saturated heterocycles. The van der Waals surface area contributed by atoms with Crippen LogP contribution in [0.4, 0.5) is 8.78 Å². The van der Waals surface area contributed by atoms with Crippen molar-refractivity contribution in [1.82, 2.24) is 10.9 Å². The fourth-order valence-corrected chi connectivity index (χ4v) is 2.62. The highest BCUT2D eigenvalue weighted by atomic mass is 19.3. The Balaban J connectivity index is 1.62. The Morgan fingerprint density at radius 2 is 1.87 bits per heavy atom. The maximum Gasteiger partial charge on any atom is 0.387 e. The Morgan fingerprint density at radius 3 is 2.60 bits per heavy atom. The third kappa shape index (κ3) is 5.16. The van der Waals surface area contributed by atoms with E-state index in [4.69, 9.17) is 14.2 Å². The van der Waals surface area contributed by atoms with E-state index < -0.39 is 18.4 Å². The first-order valence-corrected chi connectivity index (χ1v) is 8.78. The number of hydrogen-bond acceptors (Lipinski definition) is 6. The largest absolute Gasteiger partial charge is 0.493 e. The van der Waals surface area contributed by atoms with Gasteiger partial charge in [-0.05, 0) is 30.3 Å². The second-order valence-corrected chi connectivity index (χ2v) is 5.89. The van der Waals surface area contributed by atoms with Crippen LogP contribution in [0.5, 0.6) is 23.0 Å². The number of methoxy groups -OCH3 is 1. The summed E-state index contributed by atoms with van der Waals surface area (Å²) in [6, 6.07) is 9.09. The summed E-state index contributed by atoms with van der Waals surface area (Å²) in [6.07, 6.45) is 2.31. The van der Waals surface area contributed by atoms with E-state index in [9.17, 15) is 18.4 Å². The molecule has 0 saturated carbocycles. The van der Waals surface area contributed by atoms with Gasteiger partial charge in [-0.2, -0.15) is 8.78 Å². The Hall–Kier alpha value is -3.82. The van der Waals surface area contributed by atoms with Gasteiger partial charge in [0.1, 0.15) is 13.2 Å². The molecule has 0 spiro atoms. The van der Waals surface area contributed by atoms with Gasteiger partial charge in [0, 0.05) is 17.2 Å². The Kier molecular flexibility index (Phi) is 6.68. The third-order valence-electron chi connectivity index (χ3n) is 3.95. The van der Waals surface area contributed by atoms with Crippen molar-refractivity contribution in [2.45, 2.75) is 6.61 Å². The molecule has 158 valence electrons. The quantitative estimate of drug-likeness (QED) is 0.551. The minimum atomic E-state index is -3.06. The average Bonchev–Trinajstić information content (AvgIpc) is 2.75. The van der Waals surface area contributed by atoms with Crippen molar-refractivity contribution >= 4 is 17.9 Å². The molecule has 0 atom stereocenters. The normalized spacial score (nSPS) is 12.5. The summed E-state index contributed by atoms with van der Waals surface area (Å²) in [6.45, 7) is -2.26. The number of para-hydroxylation sites is 1. The monoisotopic (exact) mass is 420 g/mol. The van der Waals surface area contributed by atoms with Crippen LogP contribution < -0.4 is 29.8 Å². The summed E-state index contributed by atoms with van der Waals surface area (Å²) in [4.78, 5) is 24.2. The number of rotatable bonds is 6. The van der Waals surface area contributed by atoms with Gasteiger partial charge in [-0.3, -0.25) is 20.4 Å². The molecule has 0 fully saturated rings. The van der Waals surface area contributed by atoms with E-state index in [0.29, 0.717) is 24.7 Å². The molecule has 1 aliphatic heterocycles. The molecule has 1 heterocycles. The van der Waals surface area contributed by atoms with Crippen LogP contribution in [-0.4, -0.2) is 38.7 Å². The maximum absolute atomic E-state index is 12.6. The first-order chi connectivity index (χ1) is 14.5. The zero-order chi connectivity index (χ0) is 21.5. The van der Waals surface area contributed by atoms with Gasteiger partial charge in [0.25, 0.3) is 11.8 Å². The fraction of sp³-hybridized carbons (Fsp3) is 0.200. The summed E-state index contributed by atoms with van der Waals surface area (Å²) in [7, 11) is 1.31. The smallest absolute Gasteiger partial charge is 0.387 e. The molecule has 0 aliphatic carbocycles. The number of ether oxygens (including phenoxy) is 4. The number of halogens is 2. The highest BCUT2D eigenvalue weighted by Gasteiger charge is 2.16. The zero-order valence-electron chi connectivity index (χ0n) is 15.8. The molecule has 2 N–H and O–H groups in total. The number of carbonyl (C=O) groups is 2. The van der Waals surface area contributed by atoms with Crippen LogP contribution in [0.15, 0.2) is 42.5 Å². The lowest BCUT2D eigenvalue weighted by Gasteiger charge is -2.18. The van der Waals surface area contributed by atoms with E-state index in [1.165, 1.54) is 37.5 Å². The number of benzene rings is 2. The number of carbonyl (C=O) groups excluding carboxylic acids is 2. The van der Waals surface area contributed by atoms with Gasteiger partial charge in [0.15, 0.2) is 23.0 Å². The van der Waals surface area contributed by atoms with Gasteiger partial charge >= 0.3 is 6.61 Å². The Labute approximate surface area is 170 Å². The van der Waals surface area contributed by atoms with Crippen LogP contribution in [-0.2, 0) is 4.79 Å². The molecule has 8 nitrogen and oxygen atoms in total. The van der Waals surface area contributed by atoms with Crippen molar-refractivity contribution in [2.75, 3.05) is 20.3 Å². The molecule has 1 aliphatic rings. The van der Waals surface area contributed by atoms with Gasteiger partial charge < -0.3 is 18.9 Å². The van der Waals surface area contributed by atoms with Gasteiger partial charge in [-0.15, -0.1) is 0 Å². The first-order valence-electron chi connectivity index (χ1n) is 8.78. The van der Waals surface area contributed by atoms with E-state index in [1.54, 1.807) is 12.1 Å². The summed E-state index contributed by atoms with van der Waals surface area (Å²) in [5.74, 6) is -0.415. The van der Waals surface area contributed by atoms with E-state index in [0.717, 1.165) is 6.08 Å². The number of alkyl halides is 2. The third-order valence-corrected chi connectivity index (χ3v) is 3.95. The zero-order valence-corrected chi connectivity index (χ0v) is 15.8. The molecule has 2 aromatic rings. The van der Waals surface area contributed by atoms with Crippen molar-refractivity contribution in [1.29, 1.82) is 0 Å². The van der Waals surface area contributed by atoms with E-state index in [-0.39, 0.29) is 22.6 Å². The average molecular weight is 420 g/mol. The number of hydrazine groups is 1. The van der Waals surface area contributed by atoms with Crippen LogP contribution in [0, 0.1) is 0 Å². The molecular weight excluding hydrogens is 402 g/mol. The second-order valence-electron chi connectivity index (χ2n) is 5.89. The maximum atomic E-state index is 12.6. The van der Waals surface area contributed by atoms with Crippen molar-refractivity contribution < 1.29 is 37.3 Å². The molecule has 2 aromatic carbocycles. The highest BCUT2D eigenvalue weighted by Crippen LogP contribution is 2.33. The number of hydrogen-bond donors (Lipinski definition) is 2. The predicted octanol–water partition coefficient (Wildman–Crippen LogP) is 2.54. The van der Waals surface area contributed by atoms with Crippen LogP contribution in [0.2, 0.25) is 0 Å². The van der Waals surface area contributed by atoms with E-state index >= 15 is 0 Å². The number of amides is 2. The molecular formula is C20H18F2N2O6. The van der Waals surface area contributed by atoms with Gasteiger partial charge in [0.2, 0.25) is 0 Å². The standard InChI is InChI=1S/C20H18F2N2O6/c1-27-15-4-2-3-12(18(15)30-20(21)22)6-8-17(25)23-24-19(26)13-5-7-14-16(11-13)29-10-9-28-14/h2-8,11,20H,9-10H2,1H3,(H,23,25)(H,24,26)/b8-6+. The summed E-state index contributed by atoms with van der Waals surface area (Å²) >= 11 is 0. The molecule has 2 amide bonds. The lowest BCUT2D eigenvalue weighted by molar-refractivity contribution is -0.117. The molecule has 3 rings (SSSR count). The summed E-state index contributed by atoms with van der Waals surface area (Å²) in [5.41, 5.74) is 4.90. The molecule has 0 aromatic heterocycles. The minimum Gasteiger partial charge on any atom is -0.493 e. The second kappa shape index (κ2) is 9.59. The van der Waals surface area contributed by atoms with Gasteiger partial charge in [-0.25, -0.2) is 0 Å². The van der Waals surface area contributed by atoms with Crippen LogP contribution in [0.3, 0.4) is 0 Å². The lowest BCUT2D eigenvalue weighted by Crippen LogP contribution is -2.40. The van der Waals surface area contributed by atoms with Crippen molar-refractivity contribution in [3.8, 4) is 23.0 Å². The molecule has 0 bridgehead atoms. The van der Waals surface area contributed by atoms with Gasteiger partial charge in [-0.1, -0.05) is 12.1 Å². The van der Waals surface area contributed by atoms with E-state index in [1.807, 2.05) is 0 Å². The van der Waals surface area contributed by atoms with Crippen LogP contribution >= 0.6 is 0 Å². The van der Waals surface area contributed by atoms with Gasteiger partial charge in [0.05, 0.1) is 7.11 Å². The van der Waals surface area contributed by atoms with Crippen molar-refractivity contribution in [3.63, 3.8) is 0 Å². The van der Waals surface area contributed by atoms with Crippen molar-refractivity contribution in [2.24, 2.45) is 0 Å². The number of nitrogens with one attached hydrogen (secondary N) is 2. The topological polar surface area (TPSA) is 95.1 Å². The SMILES string of the molecule is COc1cccc(/C=C/C(=O)NNC(=O)c2ccc3c(c2)OCCO3)c1OC(F)F. The highest BCUT2D eigenvalue weighted by molar-refractivity contribution is 5.98. The summed E-state index contributed by atoms with van der Waals surface area (Å²) < 4.78 is 45.5. The van der Waals surface area contributed by atoms with Crippen LogP contribution in [0.25, 0.3) is 6.08 Å². The number of fused-ring (bicyclic) bond motifs is 1. The van der Waals surface area contributed by atoms with Crippen molar-refractivity contribution in [3.05, 3.63) is 53.6 Å². The fourth-order valence-electron chi connectivity index (χ4n) is 2.62. The minimum absolute atomic E-state index is 0.0877. The molecule has 0 unspecified atom stereocenters. The molecule has 30 heavy (non-hydrogen) atoms. The Bertz CT molecular complexity index is 964. The first kappa shape index (κ1) is 20.9. The molecule has 10 heteroatoms. The van der Waals surface area contributed by atoms with E-state index in [2.05, 4.69) is 15.6 Å². The van der Waals surface area contributed by atoms with Crippen LogP contribution in [0.1, 0.15) is 15.9 Å². The summed E-state index contributed by atoms with van der Waals surface area (Å²) in [5, 5.41) is 0. The lowest BCUT2D eigenvalue weighted by atomic mass is 10.1. The Morgan fingerprint density at radius 1 is 1.10 bits per heavy atom. The predicted molar refractivity (Wildman–Crippen MR) is 102 cm³/mol.